The summed E-state index contributed by atoms with van der Waals surface area (Å²) in [5.74, 6) is 1.29. The topological polar surface area (TPSA) is 28.7 Å². The fourth-order valence-electron chi connectivity index (χ4n) is 4.16. The zero-order valence-corrected chi connectivity index (χ0v) is 16.4. The van der Waals surface area contributed by atoms with Crippen LogP contribution in [0.4, 0.5) is 0 Å². The minimum Gasteiger partial charge on any atom is -0.354 e. The van der Waals surface area contributed by atoms with Crippen molar-refractivity contribution >= 4 is 21.8 Å². The number of benzene rings is 1. The van der Waals surface area contributed by atoms with Gasteiger partial charge in [0.25, 0.3) is 0 Å². The van der Waals surface area contributed by atoms with Gasteiger partial charge in [0.05, 0.1) is 0 Å². The van der Waals surface area contributed by atoms with Gasteiger partial charge in [0.15, 0.2) is 0 Å². The van der Waals surface area contributed by atoms with Crippen LogP contribution in [0.15, 0.2) is 36.7 Å². The Bertz CT molecular complexity index is 842. The van der Waals surface area contributed by atoms with Crippen molar-refractivity contribution in [2.24, 2.45) is 11.3 Å². The van der Waals surface area contributed by atoms with Gasteiger partial charge in [-0.25, -0.2) is 0 Å². The first-order valence-electron chi connectivity index (χ1n) is 9.77. The second-order valence-electron chi connectivity index (χ2n) is 8.63. The molecule has 0 saturated heterocycles. The fraction of sp³-hybridized carbons (Fsp3) is 0.522. The maximum Gasteiger partial charge on any atom is 0.0495 e. The van der Waals surface area contributed by atoms with Crippen molar-refractivity contribution in [2.45, 2.75) is 66.2 Å². The molecule has 3 rings (SSSR count). The average molecular weight is 337 g/mol. The van der Waals surface area contributed by atoms with Gasteiger partial charge in [-0.1, -0.05) is 53.5 Å². The van der Waals surface area contributed by atoms with Gasteiger partial charge in [0.1, 0.15) is 0 Å². The van der Waals surface area contributed by atoms with Crippen molar-refractivity contribution in [3.05, 3.63) is 42.2 Å². The predicted molar refractivity (Wildman–Crippen MR) is 109 cm³/mol. The molecule has 134 valence electrons. The van der Waals surface area contributed by atoms with E-state index in [9.17, 15) is 0 Å². The molecule has 2 heteroatoms. The lowest BCUT2D eigenvalue weighted by Crippen LogP contribution is -2.24. The molecule has 2 heterocycles. The summed E-state index contributed by atoms with van der Waals surface area (Å²) < 4.78 is 0. The summed E-state index contributed by atoms with van der Waals surface area (Å²) in [6.07, 6.45) is 8.94. The van der Waals surface area contributed by atoms with E-state index in [2.05, 4.69) is 68.9 Å². The summed E-state index contributed by atoms with van der Waals surface area (Å²) in [6, 6.07) is 9.07. The quantitative estimate of drug-likeness (QED) is 0.491. The Kier molecular flexibility index (Phi) is 5.17. The molecule has 3 aromatic rings. The monoisotopic (exact) mass is 336 g/mol. The van der Waals surface area contributed by atoms with Gasteiger partial charge >= 0.3 is 0 Å². The molecule has 0 fully saturated rings. The van der Waals surface area contributed by atoms with Crippen molar-refractivity contribution in [3.8, 4) is 0 Å². The van der Waals surface area contributed by atoms with E-state index in [-0.39, 0.29) is 0 Å². The molecule has 0 aliphatic rings. The molecular weight excluding hydrogens is 304 g/mol. The maximum atomic E-state index is 4.33. The molecular formula is C23H32N2. The summed E-state index contributed by atoms with van der Waals surface area (Å²) >= 11 is 0. The highest BCUT2D eigenvalue weighted by Crippen LogP contribution is 2.44. The molecule has 0 aliphatic heterocycles. The van der Waals surface area contributed by atoms with E-state index in [1.165, 1.54) is 53.1 Å². The zero-order chi connectivity index (χ0) is 18.0. The van der Waals surface area contributed by atoms with E-state index in [1.807, 2.05) is 12.4 Å². The first-order valence-corrected chi connectivity index (χ1v) is 9.77. The van der Waals surface area contributed by atoms with Crippen LogP contribution in [-0.2, 0) is 0 Å². The third-order valence-corrected chi connectivity index (χ3v) is 5.65. The van der Waals surface area contributed by atoms with Gasteiger partial charge in [-0.15, -0.1) is 0 Å². The van der Waals surface area contributed by atoms with Crippen molar-refractivity contribution in [2.75, 3.05) is 0 Å². The Morgan fingerprint density at radius 3 is 2.56 bits per heavy atom. The highest BCUT2D eigenvalue weighted by Gasteiger charge is 2.31. The van der Waals surface area contributed by atoms with Crippen molar-refractivity contribution < 1.29 is 0 Å². The second kappa shape index (κ2) is 7.19. The van der Waals surface area contributed by atoms with Gasteiger partial charge in [-0.05, 0) is 53.9 Å². The second-order valence-corrected chi connectivity index (χ2v) is 8.63. The van der Waals surface area contributed by atoms with Crippen LogP contribution >= 0.6 is 0 Å². The van der Waals surface area contributed by atoms with Crippen molar-refractivity contribution in [1.29, 1.82) is 0 Å². The molecule has 1 aromatic carbocycles. The highest BCUT2D eigenvalue weighted by atomic mass is 14.7. The number of pyridine rings is 1. The van der Waals surface area contributed by atoms with E-state index in [0.717, 1.165) is 0 Å². The van der Waals surface area contributed by atoms with Crippen LogP contribution in [0.25, 0.3) is 21.8 Å². The Balaban J connectivity index is 2.06. The number of hydrogen-bond donors (Lipinski definition) is 1. The van der Waals surface area contributed by atoms with Gasteiger partial charge in [-0.3, -0.25) is 4.98 Å². The van der Waals surface area contributed by atoms with E-state index in [1.54, 1.807) is 0 Å². The standard InChI is InChI=1S/C23H32N2/c1-6-7-11-23(4,5)20(13-16(2)3)17-8-9-21-18(14-17)19-15-24-12-10-22(19)25-21/h8-10,12,14-16,20,25H,6-7,11,13H2,1-5H3. The SMILES string of the molecule is CCCCC(C)(C)C(CC(C)C)c1ccc2[nH]c3ccncc3c2c1. The minimum absolute atomic E-state index is 0.318. The number of fused-ring (bicyclic) bond motifs is 3. The molecule has 25 heavy (non-hydrogen) atoms. The molecule has 2 aromatic heterocycles. The molecule has 0 bridgehead atoms. The zero-order valence-electron chi connectivity index (χ0n) is 16.4. The largest absolute Gasteiger partial charge is 0.354 e. The van der Waals surface area contributed by atoms with E-state index >= 15 is 0 Å². The molecule has 1 N–H and O–H groups in total. The first-order chi connectivity index (χ1) is 11.9. The lowest BCUT2D eigenvalue weighted by molar-refractivity contribution is 0.226. The van der Waals surface area contributed by atoms with Gasteiger partial charge in [-0.2, -0.15) is 0 Å². The van der Waals surface area contributed by atoms with Gasteiger partial charge in [0.2, 0.25) is 0 Å². The Labute approximate surface area is 152 Å². The normalized spacial score (nSPS) is 13.8. The van der Waals surface area contributed by atoms with Gasteiger partial charge in [0, 0.05) is 34.2 Å². The number of H-pyrrole nitrogens is 1. The third kappa shape index (κ3) is 3.73. The molecule has 1 unspecified atom stereocenters. The molecule has 0 saturated carbocycles. The van der Waals surface area contributed by atoms with Crippen molar-refractivity contribution in [3.63, 3.8) is 0 Å². The first kappa shape index (κ1) is 18.0. The summed E-state index contributed by atoms with van der Waals surface area (Å²) in [7, 11) is 0. The summed E-state index contributed by atoms with van der Waals surface area (Å²) in [4.78, 5) is 7.85. The predicted octanol–water partition coefficient (Wildman–Crippen LogP) is 7.06. The molecule has 0 radical (unpaired) electrons. The smallest absolute Gasteiger partial charge is 0.0495 e. The third-order valence-electron chi connectivity index (χ3n) is 5.65. The number of nitrogens with zero attached hydrogens (tertiary/aromatic N) is 1. The molecule has 2 nitrogen and oxygen atoms in total. The Morgan fingerprint density at radius 1 is 1.08 bits per heavy atom. The maximum absolute atomic E-state index is 4.33. The number of nitrogens with one attached hydrogen (secondary N) is 1. The molecule has 0 aliphatic carbocycles. The molecule has 0 amide bonds. The van der Waals surface area contributed by atoms with Crippen LogP contribution in [0.2, 0.25) is 0 Å². The van der Waals surface area contributed by atoms with Crippen molar-refractivity contribution in [1.82, 2.24) is 9.97 Å². The summed E-state index contributed by atoms with van der Waals surface area (Å²) in [5.41, 5.74) is 4.18. The van der Waals surface area contributed by atoms with Crippen LogP contribution in [0.1, 0.15) is 71.8 Å². The van der Waals surface area contributed by atoms with E-state index < -0.39 is 0 Å². The average Bonchev–Trinajstić information content (AvgIpc) is 2.95. The Morgan fingerprint density at radius 2 is 1.84 bits per heavy atom. The van der Waals surface area contributed by atoms with Crippen LogP contribution in [0.5, 0.6) is 0 Å². The van der Waals surface area contributed by atoms with E-state index in [0.29, 0.717) is 17.3 Å². The summed E-state index contributed by atoms with van der Waals surface area (Å²) in [5, 5.41) is 2.54. The molecule has 0 spiro atoms. The number of unbranched alkanes of at least 4 members (excludes halogenated alkanes) is 1. The minimum atomic E-state index is 0.318. The summed E-state index contributed by atoms with van der Waals surface area (Å²) in [6.45, 7) is 11.9. The number of hydrogen-bond acceptors (Lipinski definition) is 1. The van der Waals surface area contributed by atoms with Crippen LogP contribution in [-0.4, -0.2) is 9.97 Å². The van der Waals surface area contributed by atoms with Crippen LogP contribution in [0.3, 0.4) is 0 Å². The lowest BCUT2D eigenvalue weighted by atomic mass is 9.68. The van der Waals surface area contributed by atoms with Gasteiger partial charge < -0.3 is 4.98 Å². The Hall–Kier alpha value is -1.83. The number of rotatable bonds is 7. The fourth-order valence-corrected chi connectivity index (χ4v) is 4.16. The lowest BCUT2D eigenvalue weighted by Gasteiger charge is -2.36. The van der Waals surface area contributed by atoms with E-state index in [4.69, 9.17) is 0 Å². The number of aromatic nitrogens is 2. The number of aromatic amines is 1. The van der Waals surface area contributed by atoms with Crippen LogP contribution < -0.4 is 0 Å². The highest BCUT2D eigenvalue weighted by molar-refractivity contribution is 6.06. The molecule has 1 atom stereocenters. The van der Waals surface area contributed by atoms with Crippen LogP contribution in [0, 0.1) is 11.3 Å².